The van der Waals surface area contributed by atoms with Gasteiger partial charge in [-0.1, -0.05) is 29.3 Å². The van der Waals surface area contributed by atoms with Crippen molar-refractivity contribution < 1.29 is 13.2 Å². The molecule has 0 atom stereocenters. The highest BCUT2D eigenvalue weighted by Crippen LogP contribution is 2.23. The third-order valence-electron chi connectivity index (χ3n) is 2.92. The van der Waals surface area contributed by atoms with Gasteiger partial charge in [-0.05, 0) is 48.0 Å². The topological polar surface area (TPSA) is 63.2 Å². The van der Waals surface area contributed by atoms with Crippen molar-refractivity contribution in [3.63, 3.8) is 0 Å². The Morgan fingerprint density at radius 2 is 1.70 bits per heavy atom. The third kappa shape index (κ3) is 5.10. The van der Waals surface area contributed by atoms with E-state index in [0.29, 0.717) is 15.7 Å². The number of amides is 1. The van der Waals surface area contributed by atoms with Gasteiger partial charge in [-0.25, -0.2) is 8.42 Å². The molecule has 0 heterocycles. The number of halogens is 2. The summed E-state index contributed by atoms with van der Waals surface area (Å²) < 4.78 is 22.7. The van der Waals surface area contributed by atoms with Crippen LogP contribution >= 0.6 is 23.2 Å². The largest absolute Gasteiger partial charge is 0.323 e. The summed E-state index contributed by atoms with van der Waals surface area (Å²) in [5, 5.41) is 3.49. The smallest absolute Gasteiger partial charge is 0.248 e. The third-order valence-corrected chi connectivity index (χ3v) is 4.79. The van der Waals surface area contributed by atoms with Crippen molar-refractivity contribution in [1.82, 2.24) is 0 Å². The minimum absolute atomic E-state index is 0.196. The first-order valence-electron chi connectivity index (χ1n) is 6.50. The highest BCUT2D eigenvalue weighted by Gasteiger charge is 2.06. The SMILES string of the molecule is CS(=O)(=O)c1ccc(NC(=O)/C=C/c2ccc(Cl)c(Cl)c2)cc1. The van der Waals surface area contributed by atoms with Crippen LogP contribution in [0.3, 0.4) is 0 Å². The van der Waals surface area contributed by atoms with Gasteiger partial charge in [-0.2, -0.15) is 0 Å². The molecule has 0 spiro atoms. The van der Waals surface area contributed by atoms with Crippen LogP contribution in [-0.4, -0.2) is 20.6 Å². The van der Waals surface area contributed by atoms with Gasteiger partial charge in [-0.15, -0.1) is 0 Å². The average Bonchev–Trinajstić information content (AvgIpc) is 2.48. The van der Waals surface area contributed by atoms with Crippen molar-refractivity contribution >= 4 is 50.7 Å². The van der Waals surface area contributed by atoms with E-state index in [4.69, 9.17) is 23.2 Å². The summed E-state index contributed by atoms with van der Waals surface area (Å²) in [5.74, 6) is -0.344. The molecular weight excluding hydrogens is 357 g/mol. The predicted molar refractivity (Wildman–Crippen MR) is 93.7 cm³/mol. The Kier molecular flexibility index (Phi) is 5.46. The lowest BCUT2D eigenvalue weighted by molar-refractivity contribution is -0.111. The molecule has 0 unspecified atom stereocenters. The Morgan fingerprint density at radius 3 is 2.26 bits per heavy atom. The Balaban J connectivity index is 2.04. The lowest BCUT2D eigenvalue weighted by atomic mass is 10.2. The molecule has 23 heavy (non-hydrogen) atoms. The quantitative estimate of drug-likeness (QED) is 0.826. The summed E-state index contributed by atoms with van der Waals surface area (Å²) in [7, 11) is -3.25. The van der Waals surface area contributed by atoms with Crippen molar-refractivity contribution in [2.24, 2.45) is 0 Å². The fraction of sp³-hybridized carbons (Fsp3) is 0.0625. The van der Waals surface area contributed by atoms with Gasteiger partial charge in [0.2, 0.25) is 5.91 Å². The zero-order valence-electron chi connectivity index (χ0n) is 12.1. The summed E-state index contributed by atoms with van der Waals surface area (Å²) in [6, 6.07) is 11.0. The van der Waals surface area contributed by atoms with E-state index < -0.39 is 9.84 Å². The molecule has 0 bridgehead atoms. The molecule has 0 aliphatic heterocycles. The van der Waals surface area contributed by atoms with Crippen LogP contribution in [0, 0.1) is 0 Å². The first kappa shape index (κ1) is 17.5. The molecule has 2 rings (SSSR count). The summed E-state index contributed by atoms with van der Waals surface area (Å²) in [4.78, 5) is 12.0. The number of hydrogen-bond acceptors (Lipinski definition) is 3. The van der Waals surface area contributed by atoms with Crippen LogP contribution in [-0.2, 0) is 14.6 Å². The molecule has 0 radical (unpaired) electrons. The van der Waals surface area contributed by atoms with Crippen LogP contribution < -0.4 is 5.32 Å². The minimum Gasteiger partial charge on any atom is -0.323 e. The lowest BCUT2D eigenvalue weighted by Crippen LogP contribution is -2.08. The molecule has 0 saturated carbocycles. The molecule has 0 fully saturated rings. The van der Waals surface area contributed by atoms with E-state index in [-0.39, 0.29) is 10.8 Å². The number of carbonyl (C=O) groups is 1. The monoisotopic (exact) mass is 369 g/mol. The molecule has 2 aromatic rings. The van der Waals surface area contributed by atoms with Gasteiger partial charge >= 0.3 is 0 Å². The number of hydrogen-bond donors (Lipinski definition) is 1. The normalized spacial score (nSPS) is 11.6. The van der Waals surface area contributed by atoms with Gasteiger partial charge in [0.25, 0.3) is 0 Å². The summed E-state index contributed by atoms with van der Waals surface area (Å²) in [5.41, 5.74) is 1.24. The second-order valence-corrected chi connectivity index (χ2v) is 7.62. The molecule has 0 aliphatic rings. The number of sulfone groups is 1. The van der Waals surface area contributed by atoms with E-state index in [1.54, 1.807) is 24.3 Å². The number of anilines is 1. The first-order chi connectivity index (χ1) is 10.8. The van der Waals surface area contributed by atoms with E-state index in [1.807, 2.05) is 0 Å². The second-order valence-electron chi connectivity index (χ2n) is 4.79. The molecule has 0 aromatic heterocycles. The fourth-order valence-corrected chi connectivity index (χ4v) is 2.69. The maximum absolute atomic E-state index is 11.8. The summed E-state index contributed by atoms with van der Waals surface area (Å²) in [6.45, 7) is 0. The van der Waals surface area contributed by atoms with E-state index in [9.17, 15) is 13.2 Å². The van der Waals surface area contributed by atoms with E-state index in [2.05, 4.69) is 5.32 Å². The fourth-order valence-electron chi connectivity index (χ4n) is 1.76. The van der Waals surface area contributed by atoms with Crippen LogP contribution in [0.5, 0.6) is 0 Å². The van der Waals surface area contributed by atoms with Crippen molar-refractivity contribution in [1.29, 1.82) is 0 Å². The molecule has 0 saturated heterocycles. The minimum atomic E-state index is -3.25. The number of carbonyl (C=O) groups excluding carboxylic acids is 1. The highest BCUT2D eigenvalue weighted by molar-refractivity contribution is 7.90. The van der Waals surface area contributed by atoms with Gasteiger partial charge in [-0.3, -0.25) is 4.79 Å². The van der Waals surface area contributed by atoms with Crippen LogP contribution in [0.15, 0.2) is 53.4 Å². The Bertz CT molecular complexity index is 859. The zero-order valence-corrected chi connectivity index (χ0v) is 14.4. The second kappa shape index (κ2) is 7.17. The van der Waals surface area contributed by atoms with Gasteiger partial charge < -0.3 is 5.32 Å². The van der Waals surface area contributed by atoms with Gasteiger partial charge in [0.05, 0.1) is 14.9 Å². The highest BCUT2D eigenvalue weighted by atomic mass is 35.5. The Hall–Kier alpha value is -1.82. The number of nitrogens with one attached hydrogen (secondary N) is 1. The molecule has 120 valence electrons. The average molecular weight is 370 g/mol. The van der Waals surface area contributed by atoms with Gasteiger partial charge in [0.15, 0.2) is 9.84 Å². The number of benzene rings is 2. The van der Waals surface area contributed by atoms with Crippen LogP contribution in [0.2, 0.25) is 10.0 Å². The molecule has 2 aromatic carbocycles. The number of rotatable bonds is 4. The molecule has 4 nitrogen and oxygen atoms in total. The molecule has 1 N–H and O–H groups in total. The van der Waals surface area contributed by atoms with Crippen molar-refractivity contribution in [2.75, 3.05) is 11.6 Å². The lowest BCUT2D eigenvalue weighted by Gasteiger charge is -2.03. The maximum atomic E-state index is 11.8. The Morgan fingerprint density at radius 1 is 1.04 bits per heavy atom. The molecule has 7 heteroatoms. The van der Waals surface area contributed by atoms with Crippen LogP contribution in [0.1, 0.15) is 5.56 Å². The van der Waals surface area contributed by atoms with E-state index >= 15 is 0 Å². The summed E-state index contributed by atoms with van der Waals surface area (Å²) in [6.07, 6.45) is 4.08. The van der Waals surface area contributed by atoms with E-state index in [1.165, 1.54) is 30.3 Å². The van der Waals surface area contributed by atoms with Crippen molar-refractivity contribution in [3.05, 3.63) is 64.1 Å². The van der Waals surface area contributed by atoms with E-state index in [0.717, 1.165) is 11.8 Å². The summed E-state index contributed by atoms with van der Waals surface area (Å²) >= 11 is 11.7. The molecular formula is C16H13Cl2NO3S. The predicted octanol–water partition coefficient (Wildman–Crippen LogP) is 4.05. The molecule has 1 amide bonds. The molecule has 0 aliphatic carbocycles. The van der Waals surface area contributed by atoms with Crippen LogP contribution in [0.25, 0.3) is 6.08 Å². The van der Waals surface area contributed by atoms with Crippen molar-refractivity contribution in [2.45, 2.75) is 4.90 Å². The Labute approximate surface area is 144 Å². The zero-order chi connectivity index (χ0) is 17.0. The maximum Gasteiger partial charge on any atom is 0.248 e. The van der Waals surface area contributed by atoms with Gasteiger partial charge in [0, 0.05) is 18.0 Å². The van der Waals surface area contributed by atoms with Crippen molar-refractivity contribution in [3.8, 4) is 0 Å². The first-order valence-corrected chi connectivity index (χ1v) is 9.15. The van der Waals surface area contributed by atoms with Gasteiger partial charge in [0.1, 0.15) is 0 Å². The standard InChI is InChI=1S/C16H13Cl2NO3S/c1-23(21,22)13-6-4-12(5-7-13)19-16(20)9-3-11-2-8-14(17)15(18)10-11/h2-10H,1H3,(H,19,20)/b9-3+. The van der Waals surface area contributed by atoms with Crippen LogP contribution in [0.4, 0.5) is 5.69 Å².